The minimum absolute atomic E-state index is 0.0424. The quantitative estimate of drug-likeness (QED) is 0.763. The average molecular weight is 351 g/mol. The Morgan fingerprint density at radius 3 is 2.46 bits per heavy atom. The lowest BCUT2D eigenvalue weighted by molar-refractivity contribution is 0.0952. The van der Waals surface area contributed by atoms with Crippen LogP contribution in [0.25, 0.3) is 10.1 Å². The first kappa shape index (κ1) is 16.3. The van der Waals surface area contributed by atoms with Gasteiger partial charge in [0.05, 0.1) is 7.11 Å². The summed E-state index contributed by atoms with van der Waals surface area (Å²) in [6.07, 6.45) is 0. The number of halogens is 3. The van der Waals surface area contributed by atoms with E-state index in [0.717, 1.165) is 29.5 Å². The van der Waals surface area contributed by atoms with Crippen molar-refractivity contribution in [1.29, 1.82) is 0 Å². The number of benzene rings is 2. The molecule has 0 saturated heterocycles. The van der Waals surface area contributed by atoms with Gasteiger partial charge in [-0.2, -0.15) is 0 Å². The maximum Gasteiger partial charge on any atom is 0.265 e. The van der Waals surface area contributed by atoms with Crippen molar-refractivity contribution in [2.45, 2.75) is 6.54 Å². The number of thiophene rings is 1. The summed E-state index contributed by atoms with van der Waals surface area (Å²) in [5.41, 5.74) is 0.298. The van der Waals surface area contributed by atoms with Gasteiger partial charge in [-0.15, -0.1) is 11.3 Å². The number of hydrogen-bond donors (Lipinski definition) is 1. The minimum Gasteiger partial charge on any atom is -0.494 e. The highest BCUT2D eigenvalue weighted by Gasteiger charge is 2.19. The summed E-state index contributed by atoms with van der Waals surface area (Å²) in [4.78, 5) is 12.6. The van der Waals surface area contributed by atoms with Crippen LogP contribution in [0.4, 0.5) is 13.2 Å². The van der Waals surface area contributed by atoms with Crippen molar-refractivity contribution in [3.8, 4) is 5.75 Å². The molecule has 7 heteroatoms. The zero-order valence-electron chi connectivity index (χ0n) is 12.5. The lowest BCUT2D eigenvalue weighted by Crippen LogP contribution is -2.22. The van der Waals surface area contributed by atoms with Gasteiger partial charge in [0.1, 0.15) is 28.1 Å². The summed E-state index contributed by atoms with van der Waals surface area (Å²) < 4.78 is 45.6. The summed E-state index contributed by atoms with van der Waals surface area (Å²) in [6, 6.07) is 7.20. The molecule has 0 bridgehead atoms. The number of rotatable bonds is 4. The normalized spacial score (nSPS) is 10.8. The maximum atomic E-state index is 13.4. The molecule has 3 nitrogen and oxygen atoms in total. The molecule has 0 radical (unpaired) electrons. The molecule has 1 heterocycles. The number of carbonyl (C=O) groups excluding carboxylic acids is 1. The van der Waals surface area contributed by atoms with Gasteiger partial charge in [0, 0.05) is 22.7 Å². The number of nitrogens with one attached hydrogen (secondary N) is 1. The Bertz CT molecular complexity index is 903. The van der Waals surface area contributed by atoms with Gasteiger partial charge in [-0.25, -0.2) is 13.2 Å². The van der Waals surface area contributed by atoms with E-state index in [9.17, 15) is 18.0 Å². The van der Waals surface area contributed by atoms with E-state index in [0.29, 0.717) is 15.6 Å². The minimum atomic E-state index is -0.714. The molecule has 0 aliphatic rings. The SMILES string of the molecule is COc1c(C(=O)NCc2cc(F)cc(F)c2)sc2ccc(F)cc12. The molecule has 0 aliphatic heterocycles. The Balaban J connectivity index is 1.85. The van der Waals surface area contributed by atoms with E-state index in [4.69, 9.17) is 4.74 Å². The van der Waals surface area contributed by atoms with Gasteiger partial charge in [-0.05, 0) is 35.9 Å². The fraction of sp³-hybridized carbons (Fsp3) is 0.118. The third kappa shape index (κ3) is 3.21. The molecule has 0 saturated carbocycles. The molecule has 0 atom stereocenters. The van der Waals surface area contributed by atoms with Gasteiger partial charge in [-0.1, -0.05) is 0 Å². The van der Waals surface area contributed by atoms with E-state index in [1.54, 1.807) is 6.07 Å². The highest BCUT2D eigenvalue weighted by Crippen LogP contribution is 2.37. The summed E-state index contributed by atoms with van der Waals surface area (Å²) in [5.74, 6) is -2.04. The van der Waals surface area contributed by atoms with Crippen molar-refractivity contribution >= 4 is 27.3 Å². The molecule has 0 aliphatic carbocycles. The topological polar surface area (TPSA) is 38.3 Å². The second kappa shape index (κ2) is 6.52. The summed E-state index contributed by atoms with van der Waals surface area (Å²) in [7, 11) is 1.39. The third-order valence-electron chi connectivity index (χ3n) is 3.39. The van der Waals surface area contributed by atoms with E-state index >= 15 is 0 Å². The molecular weight excluding hydrogens is 339 g/mol. The monoisotopic (exact) mass is 351 g/mol. The second-order valence-corrected chi connectivity index (χ2v) is 6.12. The lowest BCUT2D eigenvalue weighted by atomic mass is 10.2. The highest BCUT2D eigenvalue weighted by atomic mass is 32.1. The summed E-state index contributed by atoms with van der Waals surface area (Å²) in [6.45, 7) is -0.0424. The van der Waals surface area contributed by atoms with Crippen molar-refractivity contribution in [3.63, 3.8) is 0 Å². The third-order valence-corrected chi connectivity index (χ3v) is 4.54. The van der Waals surface area contributed by atoms with Crippen LogP contribution in [-0.4, -0.2) is 13.0 Å². The summed E-state index contributed by atoms with van der Waals surface area (Å²) in [5, 5.41) is 3.09. The van der Waals surface area contributed by atoms with Crippen LogP contribution < -0.4 is 10.1 Å². The molecule has 2 aromatic carbocycles. The van der Waals surface area contributed by atoms with Crippen LogP contribution in [0.1, 0.15) is 15.2 Å². The largest absolute Gasteiger partial charge is 0.494 e. The Morgan fingerprint density at radius 1 is 1.08 bits per heavy atom. The predicted molar refractivity (Wildman–Crippen MR) is 85.9 cm³/mol. The van der Waals surface area contributed by atoms with E-state index in [2.05, 4.69) is 5.32 Å². The molecule has 0 spiro atoms. The number of carbonyl (C=O) groups is 1. The Labute approximate surface area is 139 Å². The zero-order chi connectivity index (χ0) is 17.3. The Morgan fingerprint density at radius 2 is 1.79 bits per heavy atom. The highest BCUT2D eigenvalue weighted by molar-refractivity contribution is 7.21. The fourth-order valence-corrected chi connectivity index (χ4v) is 3.44. The van der Waals surface area contributed by atoms with Gasteiger partial charge in [0.25, 0.3) is 5.91 Å². The van der Waals surface area contributed by atoms with Gasteiger partial charge in [-0.3, -0.25) is 4.79 Å². The van der Waals surface area contributed by atoms with Crippen molar-refractivity contribution in [1.82, 2.24) is 5.32 Å². The molecule has 0 unspecified atom stereocenters. The van der Waals surface area contributed by atoms with Crippen molar-refractivity contribution < 1.29 is 22.7 Å². The molecule has 0 fully saturated rings. The van der Waals surface area contributed by atoms with Crippen molar-refractivity contribution in [2.24, 2.45) is 0 Å². The molecular formula is C17H12F3NO2S. The van der Waals surface area contributed by atoms with E-state index < -0.39 is 23.4 Å². The molecule has 124 valence electrons. The first-order chi connectivity index (χ1) is 11.5. The lowest BCUT2D eigenvalue weighted by Gasteiger charge is -2.06. The number of amides is 1. The van der Waals surface area contributed by atoms with E-state index in [-0.39, 0.29) is 17.2 Å². The van der Waals surface area contributed by atoms with E-state index in [1.165, 1.54) is 19.2 Å². The van der Waals surface area contributed by atoms with Gasteiger partial charge in [0.15, 0.2) is 0 Å². The standard InChI is InChI=1S/C17H12F3NO2S/c1-23-15-13-7-10(18)2-3-14(13)24-16(15)17(22)21-8-9-4-11(19)6-12(20)5-9/h2-7H,8H2,1H3,(H,21,22). The van der Waals surface area contributed by atoms with Crippen molar-refractivity contribution in [2.75, 3.05) is 7.11 Å². The van der Waals surface area contributed by atoms with Crippen LogP contribution in [-0.2, 0) is 6.54 Å². The number of methoxy groups -OCH3 is 1. The number of ether oxygens (including phenoxy) is 1. The van der Waals surface area contributed by atoms with Crippen LogP contribution >= 0.6 is 11.3 Å². The zero-order valence-corrected chi connectivity index (χ0v) is 13.3. The number of fused-ring (bicyclic) bond motifs is 1. The van der Waals surface area contributed by atoms with Crippen LogP contribution in [0.15, 0.2) is 36.4 Å². The molecule has 24 heavy (non-hydrogen) atoms. The Hall–Kier alpha value is -2.54. The number of hydrogen-bond acceptors (Lipinski definition) is 3. The Kier molecular flexibility index (Phi) is 4.44. The first-order valence-corrected chi connectivity index (χ1v) is 7.79. The van der Waals surface area contributed by atoms with Crippen LogP contribution in [0.5, 0.6) is 5.75 Å². The molecule has 3 aromatic rings. The smallest absolute Gasteiger partial charge is 0.265 e. The second-order valence-electron chi connectivity index (χ2n) is 5.07. The predicted octanol–water partition coefficient (Wildman–Crippen LogP) is 4.26. The van der Waals surface area contributed by atoms with Crippen LogP contribution in [0, 0.1) is 17.5 Å². The van der Waals surface area contributed by atoms with Crippen LogP contribution in [0.3, 0.4) is 0 Å². The summed E-state index contributed by atoms with van der Waals surface area (Å²) >= 11 is 1.15. The van der Waals surface area contributed by atoms with Gasteiger partial charge < -0.3 is 10.1 Å². The van der Waals surface area contributed by atoms with Gasteiger partial charge >= 0.3 is 0 Å². The maximum absolute atomic E-state index is 13.4. The van der Waals surface area contributed by atoms with E-state index in [1.807, 2.05) is 0 Å². The molecule has 3 rings (SSSR count). The first-order valence-electron chi connectivity index (χ1n) is 6.97. The molecule has 1 amide bonds. The van der Waals surface area contributed by atoms with Crippen molar-refractivity contribution in [3.05, 3.63) is 64.3 Å². The van der Waals surface area contributed by atoms with Gasteiger partial charge in [0.2, 0.25) is 0 Å². The van der Waals surface area contributed by atoms with Crippen LogP contribution in [0.2, 0.25) is 0 Å². The average Bonchev–Trinajstić information content (AvgIpc) is 2.89. The fourth-order valence-electron chi connectivity index (χ4n) is 2.38. The molecule has 1 aromatic heterocycles. The molecule has 1 N–H and O–H groups in total.